The molecule has 0 spiro atoms. The van der Waals surface area contributed by atoms with Gasteiger partial charge in [-0.05, 0) is 19.8 Å². The lowest BCUT2D eigenvalue weighted by atomic mass is 9.90. The summed E-state index contributed by atoms with van der Waals surface area (Å²) < 4.78 is 0. The van der Waals surface area contributed by atoms with E-state index in [0.717, 1.165) is 19.5 Å². The normalized spacial score (nSPS) is 20.1. The highest BCUT2D eigenvalue weighted by Gasteiger charge is 2.28. The zero-order valence-corrected chi connectivity index (χ0v) is 9.94. The molecule has 1 aliphatic carbocycles. The van der Waals surface area contributed by atoms with Gasteiger partial charge in [0.25, 0.3) is 0 Å². The monoisotopic (exact) mass is 208 g/mol. The van der Waals surface area contributed by atoms with E-state index in [4.69, 9.17) is 5.73 Å². The predicted molar refractivity (Wildman–Crippen MR) is 65.6 cm³/mol. The van der Waals surface area contributed by atoms with Gasteiger partial charge in [0.15, 0.2) is 0 Å². The highest BCUT2D eigenvalue weighted by molar-refractivity contribution is 4.97. The van der Waals surface area contributed by atoms with Gasteiger partial charge in [-0.1, -0.05) is 25.7 Å². The molecule has 0 heterocycles. The van der Waals surface area contributed by atoms with Crippen LogP contribution in [0.5, 0.6) is 0 Å². The highest BCUT2D eigenvalue weighted by atomic mass is 15.0. The van der Waals surface area contributed by atoms with Gasteiger partial charge in [-0.2, -0.15) is 0 Å². The molecule has 0 radical (unpaired) electrons. The van der Waals surface area contributed by atoms with Gasteiger partial charge in [0.1, 0.15) is 0 Å². The maximum atomic E-state index is 5.92. The van der Waals surface area contributed by atoms with Crippen LogP contribution in [0, 0.1) is 11.8 Å². The fourth-order valence-electron chi connectivity index (χ4n) is 2.37. The van der Waals surface area contributed by atoms with E-state index in [1.54, 1.807) is 0 Å². The second-order valence-electron chi connectivity index (χ2n) is 4.50. The third-order valence-corrected chi connectivity index (χ3v) is 3.38. The SMILES string of the molecule is CC#CCCNC1(CN)CCCCCC1. The van der Waals surface area contributed by atoms with Crippen LogP contribution in [0.3, 0.4) is 0 Å². The Kier molecular flexibility index (Phi) is 5.75. The van der Waals surface area contributed by atoms with Gasteiger partial charge in [0.05, 0.1) is 0 Å². The molecule has 0 saturated heterocycles. The molecule has 0 atom stereocenters. The molecule has 0 aliphatic heterocycles. The first kappa shape index (κ1) is 12.5. The van der Waals surface area contributed by atoms with Crippen molar-refractivity contribution in [2.75, 3.05) is 13.1 Å². The third-order valence-electron chi connectivity index (χ3n) is 3.38. The molecule has 0 aromatic carbocycles. The van der Waals surface area contributed by atoms with Crippen LogP contribution in [0.15, 0.2) is 0 Å². The number of hydrogen-bond donors (Lipinski definition) is 2. The Bertz CT molecular complexity index is 216. The summed E-state index contributed by atoms with van der Waals surface area (Å²) in [5.41, 5.74) is 6.14. The average Bonchev–Trinajstić information content (AvgIpc) is 2.51. The molecule has 0 amide bonds. The van der Waals surface area contributed by atoms with Crippen LogP contribution in [-0.2, 0) is 0 Å². The molecule has 1 fully saturated rings. The van der Waals surface area contributed by atoms with Gasteiger partial charge in [0.2, 0.25) is 0 Å². The molecule has 0 unspecified atom stereocenters. The minimum Gasteiger partial charge on any atom is -0.329 e. The van der Waals surface area contributed by atoms with Crippen LogP contribution in [0.2, 0.25) is 0 Å². The van der Waals surface area contributed by atoms with Crippen LogP contribution in [-0.4, -0.2) is 18.6 Å². The Labute approximate surface area is 94.0 Å². The second kappa shape index (κ2) is 6.87. The van der Waals surface area contributed by atoms with Gasteiger partial charge in [-0.25, -0.2) is 0 Å². The Hall–Kier alpha value is -0.520. The topological polar surface area (TPSA) is 38.0 Å². The lowest BCUT2D eigenvalue weighted by Gasteiger charge is -2.32. The smallest absolute Gasteiger partial charge is 0.0304 e. The summed E-state index contributed by atoms with van der Waals surface area (Å²) >= 11 is 0. The van der Waals surface area contributed by atoms with Gasteiger partial charge in [-0.15, -0.1) is 11.8 Å². The molecule has 1 saturated carbocycles. The van der Waals surface area contributed by atoms with E-state index >= 15 is 0 Å². The lowest BCUT2D eigenvalue weighted by Crippen LogP contribution is -2.51. The number of nitrogens with two attached hydrogens (primary N) is 1. The Balaban J connectivity index is 2.38. The zero-order valence-electron chi connectivity index (χ0n) is 9.94. The van der Waals surface area contributed by atoms with Gasteiger partial charge < -0.3 is 11.1 Å². The van der Waals surface area contributed by atoms with E-state index in [0.29, 0.717) is 0 Å². The Morgan fingerprint density at radius 2 is 1.87 bits per heavy atom. The summed E-state index contributed by atoms with van der Waals surface area (Å²) in [6, 6.07) is 0. The van der Waals surface area contributed by atoms with E-state index in [1.807, 2.05) is 6.92 Å². The van der Waals surface area contributed by atoms with E-state index in [1.165, 1.54) is 38.5 Å². The number of rotatable bonds is 4. The first-order chi connectivity index (χ1) is 7.33. The molecule has 2 nitrogen and oxygen atoms in total. The summed E-state index contributed by atoms with van der Waals surface area (Å²) in [5, 5.41) is 3.63. The highest BCUT2D eigenvalue weighted by Crippen LogP contribution is 2.26. The van der Waals surface area contributed by atoms with Gasteiger partial charge in [0, 0.05) is 25.0 Å². The summed E-state index contributed by atoms with van der Waals surface area (Å²) in [6.45, 7) is 3.65. The van der Waals surface area contributed by atoms with Crippen molar-refractivity contribution in [3.8, 4) is 11.8 Å². The van der Waals surface area contributed by atoms with Crippen molar-refractivity contribution in [2.45, 2.75) is 57.4 Å². The molecule has 15 heavy (non-hydrogen) atoms. The Morgan fingerprint density at radius 3 is 2.40 bits per heavy atom. The van der Waals surface area contributed by atoms with Crippen molar-refractivity contribution >= 4 is 0 Å². The number of nitrogens with one attached hydrogen (secondary N) is 1. The van der Waals surface area contributed by atoms with E-state index < -0.39 is 0 Å². The zero-order chi connectivity index (χ0) is 11.0. The molecular formula is C13H24N2. The van der Waals surface area contributed by atoms with Crippen LogP contribution in [0.4, 0.5) is 0 Å². The Morgan fingerprint density at radius 1 is 1.20 bits per heavy atom. The van der Waals surface area contributed by atoms with Crippen LogP contribution in [0.25, 0.3) is 0 Å². The maximum Gasteiger partial charge on any atom is 0.0304 e. The largest absolute Gasteiger partial charge is 0.329 e. The lowest BCUT2D eigenvalue weighted by molar-refractivity contribution is 0.296. The summed E-state index contributed by atoms with van der Waals surface area (Å²) in [5.74, 6) is 6.02. The molecule has 3 N–H and O–H groups in total. The minimum absolute atomic E-state index is 0.214. The van der Waals surface area contributed by atoms with Crippen molar-refractivity contribution < 1.29 is 0 Å². The van der Waals surface area contributed by atoms with E-state index in [2.05, 4.69) is 17.2 Å². The fourth-order valence-corrected chi connectivity index (χ4v) is 2.37. The van der Waals surface area contributed by atoms with E-state index in [-0.39, 0.29) is 5.54 Å². The van der Waals surface area contributed by atoms with Gasteiger partial charge >= 0.3 is 0 Å². The summed E-state index contributed by atoms with van der Waals surface area (Å²) in [6.07, 6.45) is 8.81. The molecule has 1 rings (SSSR count). The first-order valence-electron chi connectivity index (χ1n) is 6.18. The molecule has 86 valence electrons. The number of hydrogen-bond acceptors (Lipinski definition) is 2. The van der Waals surface area contributed by atoms with Crippen molar-refractivity contribution in [3.63, 3.8) is 0 Å². The predicted octanol–water partition coefficient (Wildman–Crippen LogP) is 2.04. The third kappa shape index (κ3) is 4.24. The van der Waals surface area contributed by atoms with Crippen molar-refractivity contribution in [3.05, 3.63) is 0 Å². The molecule has 0 aromatic rings. The second-order valence-corrected chi connectivity index (χ2v) is 4.50. The standard InChI is InChI=1S/C13H24N2/c1-2-3-8-11-15-13(12-14)9-6-4-5-7-10-13/h15H,4-12,14H2,1H3. The maximum absolute atomic E-state index is 5.92. The summed E-state index contributed by atoms with van der Waals surface area (Å²) in [7, 11) is 0. The van der Waals surface area contributed by atoms with Crippen molar-refractivity contribution in [2.24, 2.45) is 5.73 Å². The quantitative estimate of drug-likeness (QED) is 0.421. The molecule has 1 aliphatic rings. The molecule has 2 heteroatoms. The summed E-state index contributed by atoms with van der Waals surface area (Å²) in [4.78, 5) is 0. The average molecular weight is 208 g/mol. The van der Waals surface area contributed by atoms with Crippen LogP contribution in [0.1, 0.15) is 51.9 Å². The molecule has 0 bridgehead atoms. The minimum atomic E-state index is 0.214. The fraction of sp³-hybridized carbons (Fsp3) is 0.846. The van der Waals surface area contributed by atoms with Crippen LogP contribution >= 0.6 is 0 Å². The van der Waals surface area contributed by atoms with Crippen molar-refractivity contribution in [1.29, 1.82) is 0 Å². The first-order valence-corrected chi connectivity index (χ1v) is 6.18. The molecule has 0 aromatic heterocycles. The van der Waals surface area contributed by atoms with Crippen LogP contribution < -0.4 is 11.1 Å². The van der Waals surface area contributed by atoms with Crippen molar-refractivity contribution in [1.82, 2.24) is 5.32 Å². The van der Waals surface area contributed by atoms with E-state index in [9.17, 15) is 0 Å². The molecular weight excluding hydrogens is 184 g/mol. The van der Waals surface area contributed by atoms with Gasteiger partial charge in [-0.3, -0.25) is 0 Å².